The molecule has 1 aromatic heterocycles. The van der Waals surface area contributed by atoms with Crippen LogP contribution >= 0.6 is 0 Å². The number of furan rings is 1. The molecule has 2 heterocycles. The summed E-state index contributed by atoms with van der Waals surface area (Å²) < 4.78 is 5.22. The summed E-state index contributed by atoms with van der Waals surface area (Å²) in [5.41, 5.74) is 6.70. The number of hydrogen-bond donors (Lipinski definition) is 2. The van der Waals surface area contributed by atoms with E-state index in [1.54, 1.807) is 11.0 Å². The first-order valence-corrected chi connectivity index (χ1v) is 7.12. The van der Waals surface area contributed by atoms with Gasteiger partial charge in [0.15, 0.2) is 0 Å². The summed E-state index contributed by atoms with van der Waals surface area (Å²) in [6.45, 7) is 1.12. The van der Waals surface area contributed by atoms with Crippen molar-refractivity contribution in [1.29, 1.82) is 0 Å². The first kappa shape index (κ1) is 14.3. The smallest absolute Gasteiger partial charge is 0.258 e. The second-order valence-electron chi connectivity index (χ2n) is 5.11. The SMILES string of the molecule is NCc1cc(C(=O)N2CCNC(=O)C2c2ccccc2)co1. The van der Waals surface area contributed by atoms with E-state index in [-0.39, 0.29) is 18.4 Å². The van der Waals surface area contributed by atoms with Gasteiger partial charge in [-0.15, -0.1) is 0 Å². The molecule has 1 aromatic carbocycles. The topological polar surface area (TPSA) is 88.6 Å². The molecule has 22 heavy (non-hydrogen) atoms. The van der Waals surface area contributed by atoms with Gasteiger partial charge in [0.1, 0.15) is 18.1 Å². The van der Waals surface area contributed by atoms with Crippen molar-refractivity contribution < 1.29 is 14.0 Å². The number of benzene rings is 1. The van der Waals surface area contributed by atoms with Crippen molar-refractivity contribution in [1.82, 2.24) is 10.2 Å². The van der Waals surface area contributed by atoms with Gasteiger partial charge in [-0.25, -0.2) is 0 Å². The van der Waals surface area contributed by atoms with Crippen molar-refractivity contribution in [2.24, 2.45) is 5.73 Å². The fourth-order valence-corrected chi connectivity index (χ4v) is 2.62. The molecule has 1 saturated heterocycles. The second kappa shape index (κ2) is 6.03. The Hall–Kier alpha value is -2.60. The maximum absolute atomic E-state index is 12.7. The lowest BCUT2D eigenvalue weighted by Crippen LogP contribution is -2.52. The minimum Gasteiger partial charge on any atom is -0.467 e. The van der Waals surface area contributed by atoms with E-state index in [0.29, 0.717) is 24.4 Å². The summed E-state index contributed by atoms with van der Waals surface area (Å²) in [5.74, 6) is 0.140. The van der Waals surface area contributed by atoms with Gasteiger partial charge in [0.05, 0.1) is 12.1 Å². The van der Waals surface area contributed by atoms with Gasteiger partial charge in [-0.2, -0.15) is 0 Å². The fraction of sp³-hybridized carbons (Fsp3) is 0.250. The van der Waals surface area contributed by atoms with Crippen molar-refractivity contribution in [2.75, 3.05) is 13.1 Å². The molecule has 1 aliphatic rings. The monoisotopic (exact) mass is 299 g/mol. The summed E-state index contributed by atoms with van der Waals surface area (Å²) in [6, 6.07) is 10.3. The van der Waals surface area contributed by atoms with Crippen molar-refractivity contribution in [3.63, 3.8) is 0 Å². The lowest BCUT2D eigenvalue weighted by atomic mass is 10.0. The normalized spacial score (nSPS) is 18.1. The Bertz CT molecular complexity index is 681. The summed E-state index contributed by atoms with van der Waals surface area (Å²) >= 11 is 0. The van der Waals surface area contributed by atoms with Crippen LogP contribution in [0.15, 0.2) is 47.1 Å². The summed E-state index contributed by atoms with van der Waals surface area (Å²) in [5, 5.41) is 2.81. The van der Waals surface area contributed by atoms with Crippen molar-refractivity contribution in [3.05, 3.63) is 59.5 Å². The van der Waals surface area contributed by atoms with Crippen LogP contribution in [-0.2, 0) is 11.3 Å². The number of rotatable bonds is 3. The summed E-state index contributed by atoms with van der Waals surface area (Å²) in [4.78, 5) is 26.5. The van der Waals surface area contributed by atoms with E-state index in [4.69, 9.17) is 10.2 Å². The lowest BCUT2D eigenvalue weighted by molar-refractivity contribution is -0.128. The molecule has 0 bridgehead atoms. The molecular formula is C16H17N3O3. The summed E-state index contributed by atoms with van der Waals surface area (Å²) in [7, 11) is 0. The molecule has 1 atom stereocenters. The van der Waals surface area contributed by atoms with Crippen LogP contribution in [0.1, 0.15) is 27.7 Å². The van der Waals surface area contributed by atoms with Crippen LogP contribution in [0.3, 0.4) is 0 Å². The third-order valence-electron chi connectivity index (χ3n) is 3.69. The van der Waals surface area contributed by atoms with E-state index in [2.05, 4.69) is 5.32 Å². The number of hydrogen-bond acceptors (Lipinski definition) is 4. The molecular weight excluding hydrogens is 282 g/mol. The average Bonchev–Trinajstić information content (AvgIpc) is 3.04. The van der Waals surface area contributed by atoms with Gasteiger partial charge in [0.25, 0.3) is 5.91 Å². The van der Waals surface area contributed by atoms with E-state index < -0.39 is 6.04 Å². The van der Waals surface area contributed by atoms with Crippen LogP contribution in [0.25, 0.3) is 0 Å². The molecule has 0 saturated carbocycles. The quantitative estimate of drug-likeness (QED) is 0.886. The minimum absolute atomic E-state index is 0.173. The van der Waals surface area contributed by atoms with E-state index in [1.807, 2.05) is 30.3 Å². The molecule has 0 spiro atoms. The highest BCUT2D eigenvalue weighted by Crippen LogP contribution is 2.25. The van der Waals surface area contributed by atoms with E-state index in [1.165, 1.54) is 6.26 Å². The Morgan fingerprint density at radius 2 is 2.14 bits per heavy atom. The first-order valence-electron chi connectivity index (χ1n) is 7.12. The molecule has 3 rings (SSSR count). The highest BCUT2D eigenvalue weighted by Gasteiger charge is 2.35. The molecule has 6 nitrogen and oxygen atoms in total. The third kappa shape index (κ3) is 2.60. The molecule has 6 heteroatoms. The van der Waals surface area contributed by atoms with Gasteiger partial charge in [-0.1, -0.05) is 30.3 Å². The Morgan fingerprint density at radius 3 is 2.82 bits per heavy atom. The standard InChI is InChI=1S/C16H17N3O3/c17-9-13-8-12(10-22-13)16(21)19-7-6-18-15(20)14(19)11-4-2-1-3-5-11/h1-5,8,10,14H,6-7,9,17H2,(H,18,20). The molecule has 2 aromatic rings. The van der Waals surface area contributed by atoms with Crippen molar-refractivity contribution >= 4 is 11.8 Å². The second-order valence-corrected chi connectivity index (χ2v) is 5.11. The average molecular weight is 299 g/mol. The number of carbonyl (C=O) groups is 2. The molecule has 1 unspecified atom stereocenters. The molecule has 3 N–H and O–H groups in total. The van der Waals surface area contributed by atoms with Gasteiger partial charge in [0, 0.05) is 13.1 Å². The van der Waals surface area contributed by atoms with Gasteiger partial charge < -0.3 is 20.4 Å². The molecule has 0 aliphatic carbocycles. The van der Waals surface area contributed by atoms with Crippen LogP contribution in [0, 0.1) is 0 Å². The molecule has 0 radical (unpaired) electrons. The van der Waals surface area contributed by atoms with Crippen molar-refractivity contribution in [2.45, 2.75) is 12.6 Å². The predicted octanol–water partition coefficient (Wildman–Crippen LogP) is 1.05. The number of nitrogens with two attached hydrogens (primary N) is 1. The van der Waals surface area contributed by atoms with E-state index in [9.17, 15) is 9.59 Å². The Balaban J connectivity index is 1.92. The Kier molecular flexibility index (Phi) is 3.93. The molecule has 114 valence electrons. The summed E-state index contributed by atoms with van der Waals surface area (Å²) in [6.07, 6.45) is 1.39. The maximum atomic E-state index is 12.7. The number of piperazine rings is 1. The minimum atomic E-state index is -0.626. The third-order valence-corrected chi connectivity index (χ3v) is 3.69. The fourth-order valence-electron chi connectivity index (χ4n) is 2.62. The highest BCUT2D eigenvalue weighted by atomic mass is 16.3. The van der Waals surface area contributed by atoms with E-state index in [0.717, 1.165) is 5.56 Å². The highest BCUT2D eigenvalue weighted by molar-refractivity contribution is 5.98. The zero-order valence-electron chi connectivity index (χ0n) is 12.0. The van der Waals surface area contributed by atoms with Crippen molar-refractivity contribution in [3.8, 4) is 0 Å². The van der Waals surface area contributed by atoms with Crippen LogP contribution in [0.2, 0.25) is 0 Å². The van der Waals surface area contributed by atoms with Gasteiger partial charge in [0.2, 0.25) is 5.91 Å². The number of nitrogens with zero attached hydrogens (tertiary/aromatic N) is 1. The van der Waals surface area contributed by atoms with Crippen LogP contribution in [0.5, 0.6) is 0 Å². The van der Waals surface area contributed by atoms with Gasteiger partial charge >= 0.3 is 0 Å². The largest absolute Gasteiger partial charge is 0.467 e. The first-order chi connectivity index (χ1) is 10.7. The van der Waals surface area contributed by atoms with E-state index >= 15 is 0 Å². The number of carbonyl (C=O) groups excluding carboxylic acids is 2. The zero-order chi connectivity index (χ0) is 15.5. The Morgan fingerprint density at radius 1 is 1.36 bits per heavy atom. The molecule has 1 aliphatic heterocycles. The molecule has 2 amide bonds. The van der Waals surface area contributed by atoms with Crippen LogP contribution < -0.4 is 11.1 Å². The van der Waals surface area contributed by atoms with Crippen LogP contribution in [-0.4, -0.2) is 29.8 Å². The predicted molar refractivity (Wildman–Crippen MR) is 79.8 cm³/mol. The molecule has 1 fully saturated rings. The maximum Gasteiger partial charge on any atom is 0.258 e. The van der Waals surface area contributed by atoms with Gasteiger partial charge in [-0.3, -0.25) is 9.59 Å². The van der Waals surface area contributed by atoms with Crippen LogP contribution in [0.4, 0.5) is 0 Å². The zero-order valence-corrected chi connectivity index (χ0v) is 12.0. The number of nitrogens with one attached hydrogen (secondary N) is 1. The number of amides is 2. The lowest BCUT2D eigenvalue weighted by Gasteiger charge is -2.35. The van der Waals surface area contributed by atoms with Gasteiger partial charge in [-0.05, 0) is 11.6 Å². The Labute approximate surface area is 127 Å².